The molecular weight excluding hydrogens is 297 g/mol. The second kappa shape index (κ2) is 7.52. The first-order chi connectivity index (χ1) is 8.57. The van der Waals surface area contributed by atoms with Gasteiger partial charge in [0.2, 0.25) is 5.91 Å². The van der Waals surface area contributed by atoms with Crippen LogP contribution in [0.5, 0.6) is 0 Å². The summed E-state index contributed by atoms with van der Waals surface area (Å²) in [4.78, 5) is 13.5. The van der Waals surface area contributed by atoms with Gasteiger partial charge in [-0.2, -0.15) is 0 Å². The summed E-state index contributed by atoms with van der Waals surface area (Å²) < 4.78 is 13.6. The zero-order valence-corrected chi connectivity index (χ0v) is 12.4. The summed E-state index contributed by atoms with van der Waals surface area (Å²) in [7, 11) is 1.73. The van der Waals surface area contributed by atoms with E-state index in [0.29, 0.717) is 12.0 Å². The third-order valence-corrected chi connectivity index (χ3v) is 3.66. The molecular formula is C14H19BrFNO. The van der Waals surface area contributed by atoms with Crippen LogP contribution < -0.4 is 0 Å². The lowest BCUT2D eigenvalue weighted by molar-refractivity contribution is -0.131. The highest BCUT2D eigenvalue weighted by Crippen LogP contribution is 2.22. The highest BCUT2D eigenvalue weighted by atomic mass is 79.9. The van der Waals surface area contributed by atoms with Crippen molar-refractivity contribution in [1.29, 1.82) is 0 Å². The summed E-state index contributed by atoms with van der Waals surface area (Å²) in [5, 5.41) is 0.910. The second-order valence-corrected chi connectivity index (χ2v) is 5.14. The number of hydrogen-bond acceptors (Lipinski definition) is 1. The molecule has 0 heterocycles. The normalized spacial score (nSPS) is 12.2. The molecule has 0 aliphatic rings. The van der Waals surface area contributed by atoms with Gasteiger partial charge in [0.05, 0.1) is 6.04 Å². The Kier molecular flexibility index (Phi) is 6.33. The van der Waals surface area contributed by atoms with Crippen molar-refractivity contribution in [2.24, 2.45) is 0 Å². The first-order valence-electron chi connectivity index (χ1n) is 6.14. The van der Waals surface area contributed by atoms with E-state index in [9.17, 15) is 9.18 Å². The van der Waals surface area contributed by atoms with Crippen LogP contribution in [0, 0.1) is 5.82 Å². The van der Waals surface area contributed by atoms with Gasteiger partial charge in [-0.25, -0.2) is 4.39 Å². The topological polar surface area (TPSA) is 20.3 Å². The molecule has 0 radical (unpaired) electrons. The fourth-order valence-corrected chi connectivity index (χ4v) is 2.18. The number of hydrogen-bond donors (Lipinski definition) is 0. The average molecular weight is 316 g/mol. The molecule has 18 heavy (non-hydrogen) atoms. The van der Waals surface area contributed by atoms with Gasteiger partial charge in [0.15, 0.2) is 0 Å². The number of carbonyl (C=O) groups is 1. The predicted octanol–water partition coefficient (Wildman–Crippen LogP) is 3.91. The third-order valence-electron chi connectivity index (χ3n) is 3.10. The van der Waals surface area contributed by atoms with Gasteiger partial charge in [0, 0.05) is 24.4 Å². The number of amides is 1. The van der Waals surface area contributed by atoms with E-state index in [4.69, 9.17) is 0 Å². The summed E-state index contributed by atoms with van der Waals surface area (Å²) in [5.74, 6) is -0.197. The number of unbranched alkanes of at least 4 members (excludes halogenated alkanes) is 1. The molecule has 0 N–H and O–H groups in total. The molecule has 0 aliphatic carbocycles. The minimum atomic E-state index is -0.259. The average Bonchev–Trinajstić information content (AvgIpc) is 2.38. The van der Waals surface area contributed by atoms with Gasteiger partial charge in [-0.3, -0.25) is 4.79 Å². The molecule has 1 unspecified atom stereocenters. The van der Waals surface area contributed by atoms with Crippen molar-refractivity contribution < 1.29 is 9.18 Å². The Morgan fingerprint density at radius 1 is 1.39 bits per heavy atom. The molecule has 0 saturated carbocycles. The van der Waals surface area contributed by atoms with Crippen LogP contribution in [0.15, 0.2) is 24.3 Å². The number of alkyl halides is 1. The summed E-state index contributed by atoms with van der Waals surface area (Å²) in [6.45, 7) is 1.85. The highest BCUT2D eigenvalue weighted by Gasteiger charge is 2.19. The molecule has 1 aromatic rings. The molecule has 2 nitrogen and oxygen atoms in total. The van der Waals surface area contributed by atoms with Crippen LogP contribution in [0.3, 0.4) is 0 Å². The molecule has 0 spiro atoms. The second-order valence-electron chi connectivity index (χ2n) is 4.35. The Balaban J connectivity index is 2.63. The number of halogens is 2. The number of rotatable bonds is 6. The number of carbonyl (C=O) groups excluding carboxylic acids is 1. The van der Waals surface area contributed by atoms with E-state index in [0.717, 1.165) is 18.2 Å². The molecule has 1 aromatic carbocycles. The van der Waals surface area contributed by atoms with Crippen LogP contribution >= 0.6 is 15.9 Å². The van der Waals surface area contributed by atoms with E-state index in [2.05, 4.69) is 15.9 Å². The van der Waals surface area contributed by atoms with Crippen molar-refractivity contribution in [3.05, 3.63) is 35.6 Å². The van der Waals surface area contributed by atoms with Gasteiger partial charge < -0.3 is 4.90 Å². The van der Waals surface area contributed by atoms with E-state index >= 15 is 0 Å². The van der Waals surface area contributed by atoms with Gasteiger partial charge in [-0.15, -0.1) is 0 Å². The van der Waals surface area contributed by atoms with Crippen LogP contribution in [0.4, 0.5) is 4.39 Å². The summed E-state index contributed by atoms with van der Waals surface area (Å²) in [5.41, 5.74) is 0.564. The fraction of sp³-hybridized carbons (Fsp3) is 0.500. The van der Waals surface area contributed by atoms with Crippen LogP contribution in [-0.2, 0) is 4.79 Å². The minimum absolute atomic E-state index is 0.0618. The van der Waals surface area contributed by atoms with Crippen LogP contribution in [0.2, 0.25) is 0 Å². The van der Waals surface area contributed by atoms with E-state index in [-0.39, 0.29) is 17.8 Å². The highest BCUT2D eigenvalue weighted by molar-refractivity contribution is 9.09. The Labute approximate surface area is 116 Å². The van der Waals surface area contributed by atoms with Gasteiger partial charge in [-0.1, -0.05) is 34.1 Å². The lowest BCUT2D eigenvalue weighted by atomic mass is 10.1. The number of benzene rings is 1. The Bertz CT molecular complexity index is 397. The van der Waals surface area contributed by atoms with Crippen molar-refractivity contribution in [2.45, 2.75) is 32.2 Å². The lowest BCUT2D eigenvalue weighted by Crippen LogP contribution is -2.29. The molecule has 0 bridgehead atoms. The SMILES string of the molecule is CC(c1ccccc1F)N(C)C(=O)CCCCBr. The maximum absolute atomic E-state index is 13.6. The van der Waals surface area contributed by atoms with E-state index in [1.807, 2.05) is 6.92 Å². The maximum Gasteiger partial charge on any atom is 0.222 e. The largest absolute Gasteiger partial charge is 0.339 e. The fourth-order valence-electron chi connectivity index (χ4n) is 1.79. The minimum Gasteiger partial charge on any atom is -0.339 e. The van der Waals surface area contributed by atoms with Crippen molar-refractivity contribution >= 4 is 21.8 Å². The zero-order valence-electron chi connectivity index (χ0n) is 10.8. The van der Waals surface area contributed by atoms with Gasteiger partial charge in [-0.05, 0) is 25.8 Å². The van der Waals surface area contributed by atoms with E-state index in [1.54, 1.807) is 30.1 Å². The molecule has 4 heteroatoms. The van der Waals surface area contributed by atoms with Gasteiger partial charge >= 0.3 is 0 Å². The van der Waals surface area contributed by atoms with Crippen molar-refractivity contribution in [2.75, 3.05) is 12.4 Å². The molecule has 100 valence electrons. The monoisotopic (exact) mass is 315 g/mol. The van der Waals surface area contributed by atoms with Gasteiger partial charge in [0.1, 0.15) is 5.82 Å². The van der Waals surface area contributed by atoms with E-state index in [1.165, 1.54) is 6.07 Å². The Hall–Kier alpha value is -0.900. The molecule has 1 rings (SSSR count). The quantitative estimate of drug-likeness (QED) is 0.575. The Morgan fingerprint density at radius 3 is 2.67 bits per heavy atom. The molecule has 0 aromatic heterocycles. The predicted molar refractivity (Wildman–Crippen MR) is 75.2 cm³/mol. The standard InChI is InChI=1S/C14H19BrFNO/c1-11(12-7-3-4-8-13(12)16)17(2)14(18)9-5-6-10-15/h3-4,7-8,11H,5-6,9-10H2,1-2H3. The van der Waals surface area contributed by atoms with E-state index < -0.39 is 0 Å². The van der Waals surface area contributed by atoms with Crippen molar-refractivity contribution in [3.63, 3.8) is 0 Å². The summed E-state index contributed by atoms with van der Waals surface area (Å²) >= 11 is 3.34. The van der Waals surface area contributed by atoms with Crippen molar-refractivity contribution in [3.8, 4) is 0 Å². The first-order valence-corrected chi connectivity index (χ1v) is 7.26. The lowest BCUT2D eigenvalue weighted by Gasteiger charge is -2.25. The molecule has 0 saturated heterocycles. The molecule has 0 aliphatic heterocycles. The van der Waals surface area contributed by atoms with Crippen molar-refractivity contribution in [1.82, 2.24) is 4.90 Å². The van der Waals surface area contributed by atoms with Crippen LogP contribution in [0.1, 0.15) is 37.8 Å². The van der Waals surface area contributed by atoms with Gasteiger partial charge in [0.25, 0.3) is 0 Å². The first kappa shape index (κ1) is 15.2. The maximum atomic E-state index is 13.6. The van der Waals surface area contributed by atoms with Crippen LogP contribution in [-0.4, -0.2) is 23.2 Å². The summed E-state index contributed by atoms with van der Waals surface area (Å²) in [6.07, 6.45) is 2.35. The molecule has 1 amide bonds. The third kappa shape index (κ3) is 4.09. The van der Waals surface area contributed by atoms with Crippen LogP contribution in [0.25, 0.3) is 0 Å². The number of nitrogens with zero attached hydrogens (tertiary/aromatic N) is 1. The smallest absolute Gasteiger partial charge is 0.222 e. The molecule has 0 fully saturated rings. The summed E-state index contributed by atoms with van der Waals surface area (Å²) in [6, 6.07) is 6.36. The Morgan fingerprint density at radius 2 is 2.06 bits per heavy atom. The zero-order chi connectivity index (χ0) is 13.5. The molecule has 1 atom stereocenters.